The molecule has 1 aromatic carbocycles. The number of aromatic nitrogens is 2. The zero-order chi connectivity index (χ0) is 18.7. The summed E-state index contributed by atoms with van der Waals surface area (Å²) < 4.78 is 2.07. The summed E-state index contributed by atoms with van der Waals surface area (Å²) in [5, 5.41) is 9.05. The van der Waals surface area contributed by atoms with Gasteiger partial charge in [0.15, 0.2) is 0 Å². The number of amides is 1. The van der Waals surface area contributed by atoms with Crippen molar-refractivity contribution in [3.63, 3.8) is 0 Å². The third-order valence-electron chi connectivity index (χ3n) is 5.26. The van der Waals surface area contributed by atoms with Crippen LogP contribution in [0.4, 0.5) is 0 Å². The Labute approximate surface area is 154 Å². The van der Waals surface area contributed by atoms with Gasteiger partial charge < -0.3 is 9.47 Å². The maximum absolute atomic E-state index is 12.8. The Morgan fingerprint density at radius 3 is 2.92 bits per heavy atom. The Kier molecular flexibility index (Phi) is 5.38. The van der Waals surface area contributed by atoms with Crippen LogP contribution in [0.5, 0.6) is 0 Å². The van der Waals surface area contributed by atoms with Crippen LogP contribution in [0, 0.1) is 17.2 Å². The fourth-order valence-electron chi connectivity index (χ4n) is 3.95. The SMILES string of the molecule is CN(C[C@@H]1CCCN(C)[C@H]1c1cncn1C)C(=O)c1cccc(C#N)c1. The fraction of sp³-hybridized carbons (Fsp3) is 0.450. The molecule has 0 unspecified atom stereocenters. The largest absolute Gasteiger partial charge is 0.341 e. The number of benzene rings is 1. The molecular weight excluding hydrogens is 326 g/mol. The molecule has 6 nitrogen and oxygen atoms in total. The second kappa shape index (κ2) is 7.71. The van der Waals surface area contributed by atoms with Gasteiger partial charge in [0.25, 0.3) is 5.91 Å². The number of rotatable bonds is 4. The molecule has 0 radical (unpaired) electrons. The molecule has 136 valence electrons. The lowest BCUT2D eigenvalue weighted by Gasteiger charge is -2.40. The number of nitriles is 1. The van der Waals surface area contributed by atoms with Gasteiger partial charge in [-0.1, -0.05) is 6.07 Å². The summed E-state index contributed by atoms with van der Waals surface area (Å²) in [6.45, 7) is 1.73. The van der Waals surface area contributed by atoms with E-state index >= 15 is 0 Å². The molecule has 3 rings (SSSR count). The minimum Gasteiger partial charge on any atom is -0.341 e. The fourth-order valence-corrected chi connectivity index (χ4v) is 3.95. The van der Waals surface area contributed by atoms with Crippen molar-refractivity contribution in [3.8, 4) is 6.07 Å². The molecule has 1 aromatic heterocycles. The summed E-state index contributed by atoms with van der Waals surface area (Å²) in [5.74, 6) is 0.302. The summed E-state index contributed by atoms with van der Waals surface area (Å²) in [6, 6.07) is 9.24. The van der Waals surface area contributed by atoms with Gasteiger partial charge in [-0.05, 0) is 50.6 Å². The Morgan fingerprint density at radius 1 is 1.42 bits per heavy atom. The van der Waals surface area contributed by atoms with Crippen LogP contribution in [0.15, 0.2) is 36.8 Å². The van der Waals surface area contributed by atoms with E-state index in [4.69, 9.17) is 5.26 Å². The Hall–Kier alpha value is -2.65. The van der Waals surface area contributed by atoms with Crippen LogP contribution in [0.1, 0.15) is 40.5 Å². The molecule has 0 saturated carbocycles. The Balaban J connectivity index is 1.78. The summed E-state index contributed by atoms with van der Waals surface area (Å²) in [6.07, 6.45) is 5.96. The van der Waals surface area contributed by atoms with Crippen LogP contribution in [-0.2, 0) is 7.05 Å². The van der Waals surface area contributed by atoms with Gasteiger partial charge >= 0.3 is 0 Å². The maximum Gasteiger partial charge on any atom is 0.253 e. The molecule has 0 N–H and O–H groups in total. The molecule has 1 amide bonds. The van der Waals surface area contributed by atoms with E-state index in [1.807, 2.05) is 26.6 Å². The first-order valence-electron chi connectivity index (χ1n) is 8.93. The lowest BCUT2D eigenvalue weighted by molar-refractivity contribution is 0.0632. The third kappa shape index (κ3) is 3.63. The average Bonchev–Trinajstić information content (AvgIpc) is 3.06. The van der Waals surface area contributed by atoms with Gasteiger partial charge in [-0.3, -0.25) is 9.69 Å². The smallest absolute Gasteiger partial charge is 0.253 e. The number of nitrogens with zero attached hydrogens (tertiary/aromatic N) is 5. The van der Waals surface area contributed by atoms with Crippen LogP contribution in [0.2, 0.25) is 0 Å². The minimum absolute atomic E-state index is 0.0425. The number of hydrogen-bond acceptors (Lipinski definition) is 4. The molecule has 1 aliphatic heterocycles. The normalized spacial score (nSPS) is 20.5. The van der Waals surface area contributed by atoms with Crippen LogP contribution in [0.25, 0.3) is 0 Å². The first-order chi connectivity index (χ1) is 12.5. The van der Waals surface area contributed by atoms with E-state index in [9.17, 15) is 4.79 Å². The van der Waals surface area contributed by atoms with Gasteiger partial charge in [-0.2, -0.15) is 5.26 Å². The van der Waals surface area contributed by atoms with E-state index in [1.165, 1.54) is 5.69 Å². The molecule has 0 aliphatic carbocycles. The molecule has 1 saturated heterocycles. The van der Waals surface area contributed by atoms with Crippen LogP contribution in [0.3, 0.4) is 0 Å². The molecule has 26 heavy (non-hydrogen) atoms. The number of likely N-dealkylation sites (tertiary alicyclic amines) is 1. The highest BCUT2D eigenvalue weighted by molar-refractivity contribution is 5.94. The van der Waals surface area contributed by atoms with Gasteiger partial charge in [0, 0.05) is 32.4 Å². The molecule has 0 spiro atoms. The molecule has 1 fully saturated rings. The van der Waals surface area contributed by atoms with E-state index < -0.39 is 0 Å². The van der Waals surface area contributed by atoms with Crippen LogP contribution < -0.4 is 0 Å². The zero-order valence-electron chi connectivity index (χ0n) is 15.6. The molecule has 2 aromatic rings. The topological polar surface area (TPSA) is 65.2 Å². The van der Waals surface area contributed by atoms with Crippen molar-refractivity contribution >= 4 is 5.91 Å². The van der Waals surface area contributed by atoms with E-state index in [-0.39, 0.29) is 11.9 Å². The number of piperidine rings is 1. The van der Waals surface area contributed by atoms with Crippen LogP contribution >= 0.6 is 0 Å². The number of hydrogen-bond donors (Lipinski definition) is 0. The number of aryl methyl sites for hydroxylation is 1. The van der Waals surface area contributed by atoms with Gasteiger partial charge in [-0.15, -0.1) is 0 Å². The first kappa shape index (κ1) is 18.2. The van der Waals surface area contributed by atoms with Crippen molar-refractivity contribution in [3.05, 3.63) is 53.6 Å². The maximum atomic E-state index is 12.8. The standard InChI is InChI=1S/C20H25N5O/c1-23-9-5-8-17(19(23)18-12-22-14-25(18)3)13-24(2)20(26)16-7-4-6-15(10-16)11-21/h4,6-7,10,12,14,17,19H,5,8-9,13H2,1-3H3/t17-,19+/m0/s1. The molecule has 2 atom stereocenters. The van der Waals surface area contributed by atoms with Crippen molar-refractivity contribution in [2.75, 3.05) is 27.2 Å². The number of carbonyl (C=O) groups excluding carboxylic acids is 1. The second-order valence-corrected chi connectivity index (χ2v) is 7.14. The lowest BCUT2D eigenvalue weighted by atomic mass is 9.87. The van der Waals surface area contributed by atoms with E-state index in [2.05, 4.69) is 27.6 Å². The van der Waals surface area contributed by atoms with Gasteiger partial charge in [0.05, 0.1) is 29.7 Å². The quantitative estimate of drug-likeness (QED) is 0.849. The zero-order valence-corrected chi connectivity index (χ0v) is 15.6. The van der Waals surface area contributed by atoms with Gasteiger partial charge in [-0.25, -0.2) is 4.98 Å². The van der Waals surface area contributed by atoms with Gasteiger partial charge in [0.2, 0.25) is 0 Å². The molecular formula is C20H25N5O. The molecule has 1 aliphatic rings. The summed E-state index contributed by atoms with van der Waals surface area (Å²) in [7, 11) is 6.00. The van der Waals surface area contributed by atoms with Crippen molar-refractivity contribution < 1.29 is 4.79 Å². The van der Waals surface area contributed by atoms with E-state index in [1.54, 1.807) is 29.2 Å². The third-order valence-corrected chi connectivity index (χ3v) is 5.26. The Bertz CT molecular complexity index is 822. The average molecular weight is 351 g/mol. The Morgan fingerprint density at radius 2 is 2.23 bits per heavy atom. The molecule has 6 heteroatoms. The lowest BCUT2D eigenvalue weighted by Crippen LogP contribution is -2.43. The van der Waals surface area contributed by atoms with E-state index in [0.29, 0.717) is 23.6 Å². The predicted octanol–water partition coefficient (Wildman–Crippen LogP) is 2.45. The van der Waals surface area contributed by atoms with Crippen molar-refractivity contribution in [2.24, 2.45) is 13.0 Å². The first-order valence-corrected chi connectivity index (χ1v) is 8.93. The minimum atomic E-state index is -0.0425. The van der Waals surface area contributed by atoms with Crippen LogP contribution in [-0.4, -0.2) is 52.4 Å². The number of imidazole rings is 1. The highest BCUT2D eigenvalue weighted by Gasteiger charge is 2.33. The van der Waals surface area contributed by atoms with Crippen molar-refractivity contribution in [2.45, 2.75) is 18.9 Å². The predicted molar refractivity (Wildman–Crippen MR) is 99.4 cm³/mol. The van der Waals surface area contributed by atoms with Crippen molar-refractivity contribution in [1.82, 2.24) is 19.4 Å². The van der Waals surface area contributed by atoms with Gasteiger partial charge in [0.1, 0.15) is 0 Å². The highest BCUT2D eigenvalue weighted by Crippen LogP contribution is 2.35. The molecule has 2 heterocycles. The van der Waals surface area contributed by atoms with Crippen molar-refractivity contribution in [1.29, 1.82) is 5.26 Å². The molecule has 0 bridgehead atoms. The monoisotopic (exact) mass is 351 g/mol. The number of carbonyl (C=O) groups is 1. The summed E-state index contributed by atoms with van der Waals surface area (Å²) >= 11 is 0. The summed E-state index contributed by atoms with van der Waals surface area (Å²) in [4.78, 5) is 21.2. The van der Waals surface area contributed by atoms with E-state index in [0.717, 1.165) is 19.4 Å². The highest BCUT2D eigenvalue weighted by atomic mass is 16.2. The summed E-state index contributed by atoms with van der Waals surface area (Å²) in [5.41, 5.74) is 2.26. The second-order valence-electron chi connectivity index (χ2n) is 7.14.